The van der Waals surface area contributed by atoms with Gasteiger partial charge in [-0.15, -0.1) is 0 Å². The first-order valence-electron chi connectivity index (χ1n) is 5.63. The molecule has 18 heavy (non-hydrogen) atoms. The number of hydrogen-bond donors (Lipinski definition) is 1. The SMILES string of the molecule is Cc1nc(N(C)Cc2ccccc2Cl)sc1CO. The largest absolute Gasteiger partial charge is 0.391 e. The summed E-state index contributed by atoms with van der Waals surface area (Å²) in [5, 5.41) is 10.8. The second-order valence-electron chi connectivity index (χ2n) is 4.11. The third-order valence-corrected chi connectivity index (χ3v) is 4.34. The van der Waals surface area contributed by atoms with Crippen molar-refractivity contribution in [2.75, 3.05) is 11.9 Å². The fourth-order valence-corrected chi connectivity index (χ4v) is 2.75. The van der Waals surface area contributed by atoms with Gasteiger partial charge in [0.15, 0.2) is 5.13 Å². The summed E-state index contributed by atoms with van der Waals surface area (Å²) in [7, 11) is 1.97. The molecular formula is C13H15ClN2OS. The minimum absolute atomic E-state index is 0.0451. The fraction of sp³-hybridized carbons (Fsp3) is 0.308. The molecule has 1 aromatic heterocycles. The van der Waals surface area contributed by atoms with Crippen LogP contribution in [0.4, 0.5) is 5.13 Å². The normalized spacial score (nSPS) is 10.7. The predicted octanol–water partition coefficient (Wildman–Crippen LogP) is 3.23. The van der Waals surface area contributed by atoms with E-state index in [1.54, 1.807) is 0 Å². The van der Waals surface area contributed by atoms with Gasteiger partial charge < -0.3 is 10.0 Å². The maximum absolute atomic E-state index is 9.18. The van der Waals surface area contributed by atoms with Gasteiger partial charge in [-0.25, -0.2) is 4.98 Å². The number of anilines is 1. The fourth-order valence-electron chi connectivity index (χ4n) is 1.67. The van der Waals surface area contributed by atoms with Crippen LogP contribution in [0.25, 0.3) is 0 Å². The molecule has 0 radical (unpaired) electrons. The van der Waals surface area contributed by atoms with Crippen LogP contribution in [0.1, 0.15) is 16.1 Å². The third kappa shape index (κ3) is 2.83. The zero-order chi connectivity index (χ0) is 13.1. The van der Waals surface area contributed by atoms with Crippen molar-refractivity contribution in [2.45, 2.75) is 20.1 Å². The average molecular weight is 283 g/mol. The van der Waals surface area contributed by atoms with Crippen molar-refractivity contribution in [3.8, 4) is 0 Å². The molecule has 0 amide bonds. The van der Waals surface area contributed by atoms with Crippen LogP contribution in [0.5, 0.6) is 0 Å². The average Bonchev–Trinajstić information content (AvgIpc) is 2.73. The standard InChI is InChI=1S/C13H15ClN2OS/c1-9-12(8-17)18-13(15-9)16(2)7-10-5-3-4-6-11(10)14/h3-6,17H,7-8H2,1-2H3. The Morgan fingerprint density at radius 3 is 2.72 bits per heavy atom. The number of thiazole rings is 1. The van der Waals surface area contributed by atoms with E-state index in [1.807, 2.05) is 43.1 Å². The molecule has 2 rings (SSSR count). The first-order valence-corrected chi connectivity index (χ1v) is 6.83. The highest BCUT2D eigenvalue weighted by Gasteiger charge is 2.11. The summed E-state index contributed by atoms with van der Waals surface area (Å²) >= 11 is 7.65. The molecule has 1 N–H and O–H groups in total. The molecule has 2 aromatic rings. The molecule has 96 valence electrons. The van der Waals surface area contributed by atoms with Crippen LogP contribution in [0.15, 0.2) is 24.3 Å². The first-order chi connectivity index (χ1) is 8.61. The van der Waals surface area contributed by atoms with Crippen molar-refractivity contribution < 1.29 is 5.11 Å². The van der Waals surface area contributed by atoms with Gasteiger partial charge in [0, 0.05) is 18.6 Å². The molecule has 0 saturated carbocycles. The van der Waals surface area contributed by atoms with Crippen molar-refractivity contribution in [2.24, 2.45) is 0 Å². The van der Waals surface area contributed by atoms with E-state index in [9.17, 15) is 5.11 Å². The molecule has 0 aliphatic heterocycles. The van der Waals surface area contributed by atoms with Gasteiger partial charge in [0.1, 0.15) is 0 Å². The maximum atomic E-state index is 9.18. The Kier molecular flexibility index (Phi) is 4.22. The summed E-state index contributed by atoms with van der Waals surface area (Å²) in [4.78, 5) is 7.40. The molecule has 0 saturated heterocycles. The second-order valence-corrected chi connectivity index (χ2v) is 5.58. The topological polar surface area (TPSA) is 36.4 Å². The van der Waals surface area contributed by atoms with Crippen LogP contribution in [0, 0.1) is 6.92 Å². The molecule has 0 bridgehead atoms. The Hall–Kier alpha value is -1.10. The summed E-state index contributed by atoms with van der Waals surface area (Å²) in [5.74, 6) is 0. The number of halogens is 1. The molecule has 0 unspecified atom stereocenters. The second kappa shape index (κ2) is 5.69. The van der Waals surface area contributed by atoms with Gasteiger partial charge in [0.05, 0.1) is 17.2 Å². The summed E-state index contributed by atoms with van der Waals surface area (Å²) in [6.07, 6.45) is 0. The van der Waals surface area contributed by atoms with Gasteiger partial charge in [0.2, 0.25) is 0 Å². The molecule has 5 heteroatoms. The van der Waals surface area contributed by atoms with Crippen LogP contribution in [0.3, 0.4) is 0 Å². The zero-order valence-electron chi connectivity index (χ0n) is 10.4. The smallest absolute Gasteiger partial charge is 0.185 e. The van der Waals surface area contributed by atoms with Crippen molar-refractivity contribution in [1.29, 1.82) is 0 Å². The number of aromatic nitrogens is 1. The van der Waals surface area contributed by atoms with Crippen LogP contribution in [0.2, 0.25) is 5.02 Å². The quantitative estimate of drug-likeness (QED) is 0.935. The Morgan fingerprint density at radius 2 is 2.11 bits per heavy atom. The molecule has 3 nitrogen and oxygen atoms in total. The lowest BCUT2D eigenvalue weighted by molar-refractivity contribution is 0.284. The van der Waals surface area contributed by atoms with E-state index >= 15 is 0 Å². The molecular weight excluding hydrogens is 268 g/mol. The number of hydrogen-bond acceptors (Lipinski definition) is 4. The molecule has 0 aliphatic rings. The van der Waals surface area contributed by atoms with E-state index in [1.165, 1.54) is 11.3 Å². The van der Waals surface area contributed by atoms with Gasteiger partial charge in [-0.05, 0) is 18.6 Å². The van der Waals surface area contributed by atoms with E-state index in [2.05, 4.69) is 4.98 Å². The minimum Gasteiger partial charge on any atom is -0.391 e. The van der Waals surface area contributed by atoms with Gasteiger partial charge in [-0.3, -0.25) is 0 Å². The highest BCUT2D eigenvalue weighted by molar-refractivity contribution is 7.15. The van der Waals surface area contributed by atoms with Gasteiger partial charge in [0.25, 0.3) is 0 Å². The monoisotopic (exact) mass is 282 g/mol. The van der Waals surface area contributed by atoms with Crippen LogP contribution < -0.4 is 4.90 Å². The van der Waals surface area contributed by atoms with Crippen molar-refractivity contribution in [1.82, 2.24) is 4.98 Å². The first kappa shape index (κ1) is 13.3. The summed E-state index contributed by atoms with van der Waals surface area (Å²) in [6, 6.07) is 7.79. The third-order valence-electron chi connectivity index (χ3n) is 2.72. The van der Waals surface area contributed by atoms with Crippen molar-refractivity contribution in [3.05, 3.63) is 45.4 Å². The van der Waals surface area contributed by atoms with Crippen LogP contribution in [-0.4, -0.2) is 17.1 Å². The van der Waals surface area contributed by atoms with E-state index in [0.717, 1.165) is 26.3 Å². The van der Waals surface area contributed by atoms with Gasteiger partial charge in [-0.1, -0.05) is 41.1 Å². The Balaban J connectivity index is 2.16. The van der Waals surface area contributed by atoms with E-state index in [4.69, 9.17) is 11.6 Å². The van der Waals surface area contributed by atoms with Crippen LogP contribution in [-0.2, 0) is 13.2 Å². The van der Waals surface area contributed by atoms with Crippen molar-refractivity contribution >= 4 is 28.1 Å². The maximum Gasteiger partial charge on any atom is 0.185 e. The van der Waals surface area contributed by atoms with E-state index < -0.39 is 0 Å². The number of aliphatic hydroxyl groups is 1. The lowest BCUT2D eigenvalue weighted by Gasteiger charge is -2.16. The molecule has 1 heterocycles. The number of rotatable bonds is 4. The number of nitrogens with zero attached hydrogens (tertiary/aromatic N) is 2. The predicted molar refractivity (Wildman–Crippen MR) is 76.3 cm³/mol. The Bertz CT molecular complexity index is 542. The molecule has 0 fully saturated rings. The van der Waals surface area contributed by atoms with Crippen molar-refractivity contribution in [3.63, 3.8) is 0 Å². The summed E-state index contributed by atoms with van der Waals surface area (Å²) in [6.45, 7) is 2.66. The highest BCUT2D eigenvalue weighted by Crippen LogP contribution is 2.27. The summed E-state index contributed by atoms with van der Waals surface area (Å²) in [5.41, 5.74) is 1.96. The Labute approximate surface area is 116 Å². The molecule has 0 aliphatic carbocycles. The molecule has 0 spiro atoms. The lowest BCUT2D eigenvalue weighted by atomic mass is 10.2. The number of aliphatic hydroxyl groups excluding tert-OH is 1. The highest BCUT2D eigenvalue weighted by atomic mass is 35.5. The van der Waals surface area contributed by atoms with E-state index in [0.29, 0.717) is 6.54 Å². The van der Waals surface area contributed by atoms with E-state index in [-0.39, 0.29) is 6.61 Å². The number of benzene rings is 1. The molecule has 0 atom stereocenters. The zero-order valence-corrected chi connectivity index (χ0v) is 11.9. The Morgan fingerprint density at radius 1 is 1.39 bits per heavy atom. The minimum atomic E-state index is 0.0451. The summed E-state index contributed by atoms with van der Waals surface area (Å²) < 4.78 is 0. The lowest BCUT2D eigenvalue weighted by Crippen LogP contribution is -2.16. The van der Waals surface area contributed by atoms with Crippen LogP contribution >= 0.6 is 22.9 Å². The number of aryl methyl sites for hydroxylation is 1. The van der Waals surface area contributed by atoms with Gasteiger partial charge >= 0.3 is 0 Å². The molecule has 1 aromatic carbocycles. The van der Waals surface area contributed by atoms with Gasteiger partial charge in [-0.2, -0.15) is 0 Å².